The summed E-state index contributed by atoms with van der Waals surface area (Å²) in [5.41, 5.74) is 5.69. The Balaban J connectivity index is 1.43. The van der Waals surface area contributed by atoms with Crippen LogP contribution in [0.3, 0.4) is 0 Å². The van der Waals surface area contributed by atoms with Crippen molar-refractivity contribution in [2.45, 2.75) is 52.1 Å². The van der Waals surface area contributed by atoms with E-state index < -0.39 is 0 Å². The van der Waals surface area contributed by atoms with Gasteiger partial charge in [-0.2, -0.15) is 0 Å². The van der Waals surface area contributed by atoms with Gasteiger partial charge < -0.3 is 25.2 Å². The van der Waals surface area contributed by atoms with E-state index in [0.29, 0.717) is 6.04 Å². The van der Waals surface area contributed by atoms with Crippen molar-refractivity contribution in [1.29, 1.82) is 0 Å². The molecule has 39 heavy (non-hydrogen) atoms. The number of nitrogens with zero attached hydrogens (tertiary/aromatic N) is 6. The van der Waals surface area contributed by atoms with Gasteiger partial charge in [0.2, 0.25) is 0 Å². The number of ether oxygens (including phenoxy) is 1. The predicted molar refractivity (Wildman–Crippen MR) is 161 cm³/mol. The number of piperazine rings is 1. The van der Waals surface area contributed by atoms with E-state index in [1.165, 1.54) is 39.0 Å². The van der Waals surface area contributed by atoms with Gasteiger partial charge >= 0.3 is 0 Å². The molecule has 210 valence electrons. The smallest absolute Gasteiger partial charge is 0.153 e. The van der Waals surface area contributed by atoms with Gasteiger partial charge in [0.1, 0.15) is 22.6 Å². The van der Waals surface area contributed by atoms with Crippen LogP contribution in [0.5, 0.6) is 5.75 Å². The fourth-order valence-corrected chi connectivity index (χ4v) is 5.87. The zero-order valence-corrected chi connectivity index (χ0v) is 24.4. The summed E-state index contributed by atoms with van der Waals surface area (Å²) >= 11 is 0. The molecule has 4 heterocycles. The minimum atomic E-state index is 0.260. The van der Waals surface area contributed by atoms with Crippen LogP contribution in [0.4, 0.5) is 17.3 Å². The zero-order valence-electron chi connectivity index (χ0n) is 24.4. The molecule has 0 amide bonds. The molecule has 0 bridgehead atoms. The summed E-state index contributed by atoms with van der Waals surface area (Å²) in [6.45, 7) is 13.2. The summed E-state index contributed by atoms with van der Waals surface area (Å²) in [6.07, 6.45) is 5.06. The lowest BCUT2D eigenvalue weighted by molar-refractivity contribution is 0.0981. The fraction of sp³-hybridized carbons (Fsp3) is 0.567. The quantitative estimate of drug-likeness (QED) is 0.440. The van der Waals surface area contributed by atoms with E-state index in [0.717, 1.165) is 70.4 Å². The maximum absolute atomic E-state index is 5.95. The number of pyridine rings is 1. The van der Waals surface area contributed by atoms with Crippen molar-refractivity contribution in [3.63, 3.8) is 0 Å². The third-order valence-electron chi connectivity index (χ3n) is 8.12. The maximum atomic E-state index is 5.95. The van der Waals surface area contributed by atoms with Crippen molar-refractivity contribution in [1.82, 2.24) is 24.8 Å². The highest BCUT2D eigenvalue weighted by Gasteiger charge is 2.28. The summed E-state index contributed by atoms with van der Waals surface area (Å²) in [7, 11) is 5.86. The highest BCUT2D eigenvalue weighted by molar-refractivity contribution is 5.98. The monoisotopic (exact) mass is 532 g/mol. The molecule has 0 saturated carbocycles. The van der Waals surface area contributed by atoms with Gasteiger partial charge in [0, 0.05) is 70.2 Å². The lowest BCUT2D eigenvalue weighted by atomic mass is 10.00. The highest BCUT2D eigenvalue weighted by Crippen LogP contribution is 2.38. The number of hydrogen-bond donors (Lipinski definition) is 2. The fourth-order valence-electron chi connectivity index (χ4n) is 5.87. The second-order valence-electron chi connectivity index (χ2n) is 11.1. The lowest BCUT2D eigenvalue weighted by Gasteiger charge is -2.42. The van der Waals surface area contributed by atoms with Crippen LogP contribution in [0.1, 0.15) is 39.3 Å². The molecule has 0 unspecified atom stereocenters. The van der Waals surface area contributed by atoms with Crippen LogP contribution in [0.15, 0.2) is 24.4 Å². The maximum Gasteiger partial charge on any atom is 0.153 e. The van der Waals surface area contributed by atoms with E-state index in [1.54, 1.807) is 7.11 Å². The molecule has 0 radical (unpaired) electrons. The molecule has 9 heteroatoms. The number of nitrogens with one attached hydrogen (secondary N) is 2. The number of likely N-dealkylation sites (N-methyl/N-ethyl adjacent to an activating group) is 1. The van der Waals surface area contributed by atoms with E-state index in [1.807, 2.05) is 13.2 Å². The van der Waals surface area contributed by atoms with E-state index in [4.69, 9.17) is 19.7 Å². The standard InChI is InChI=1S/C30H44N8O/c1-7-24-29(33-20(2)3)35-27-23(19-32-30(31-4)28(27)34-24)21-8-9-25(26(18-21)39-6)38-12-10-22(11-13-38)37-16-14-36(5)15-17-37/h8-9,18-20,22H,7,10-17H2,1-6H3,(H,31,32)(H,33,35). The summed E-state index contributed by atoms with van der Waals surface area (Å²) in [5, 5.41) is 6.68. The molecule has 0 aliphatic carbocycles. The van der Waals surface area contributed by atoms with Crippen molar-refractivity contribution >= 4 is 28.4 Å². The Labute approximate surface area is 233 Å². The average molecular weight is 533 g/mol. The molecule has 2 fully saturated rings. The number of aromatic nitrogens is 3. The van der Waals surface area contributed by atoms with Gasteiger partial charge in [-0.15, -0.1) is 0 Å². The molecule has 0 spiro atoms. The molecule has 2 aromatic heterocycles. The van der Waals surface area contributed by atoms with Crippen LogP contribution in [0.2, 0.25) is 0 Å². The number of rotatable bonds is 8. The van der Waals surface area contributed by atoms with Gasteiger partial charge in [-0.25, -0.2) is 15.0 Å². The Morgan fingerprint density at radius 1 is 1.00 bits per heavy atom. The van der Waals surface area contributed by atoms with Crippen molar-refractivity contribution in [3.05, 3.63) is 30.1 Å². The normalized spacial score (nSPS) is 17.7. The number of methoxy groups -OCH3 is 1. The van der Waals surface area contributed by atoms with Crippen LogP contribution >= 0.6 is 0 Å². The van der Waals surface area contributed by atoms with Gasteiger partial charge in [0.05, 0.1) is 18.5 Å². The first kappa shape index (κ1) is 27.4. The molecule has 1 aromatic carbocycles. The van der Waals surface area contributed by atoms with Gasteiger partial charge in [0.15, 0.2) is 5.82 Å². The molecule has 5 rings (SSSR count). The van der Waals surface area contributed by atoms with Gasteiger partial charge in [-0.1, -0.05) is 13.0 Å². The molecule has 9 nitrogen and oxygen atoms in total. The summed E-state index contributed by atoms with van der Waals surface area (Å²) in [5.74, 6) is 2.45. The van der Waals surface area contributed by atoms with Crippen LogP contribution in [0, 0.1) is 0 Å². The van der Waals surface area contributed by atoms with E-state index in [-0.39, 0.29) is 6.04 Å². The minimum Gasteiger partial charge on any atom is -0.495 e. The minimum absolute atomic E-state index is 0.260. The van der Waals surface area contributed by atoms with Crippen LogP contribution < -0.4 is 20.3 Å². The number of piperidine rings is 1. The SMILES string of the molecule is CCc1nc2c(NC)ncc(-c3ccc(N4CCC(N5CCN(C)CC5)CC4)c(OC)c3)c2nc1NC(C)C. The Morgan fingerprint density at radius 3 is 2.38 bits per heavy atom. The molecule has 0 atom stereocenters. The Hall–Kier alpha value is -3.17. The van der Waals surface area contributed by atoms with Crippen LogP contribution in [0.25, 0.3) is 22.2 Å². The molecule has 2 aliphatic rings. The number of hydrogen-bond acceptors (Lipinski definition) is 9. The van der Waals surface area contributed by atoms with Gasteiger partial charge in [-0.3, -0.25) is 4.90 Å². The number of benzene rings is 1. The third-order valence-corrected chi connectivity index (χ3v) is 8.12. The number of anilines is 3. The predicted octanol–water partition coefficient (Wildman–Crippen LogP) is 4.34. The second kappa shape index (κ2) is 11.9. The van der Waals surface area contributed by atoms with E-state index >= 15 is 0 Å². The van der Waals surface area contributed by atoms with Crippen molar-refractivity contribution < 1.29 is 4.74 Å². The van der Waals surface area contributed by atoms with Crippen LogP contribution in [-0.4, -0.2) is 97.3 Å². The van der Waals surface area contributed by atoms with Gasteiger partial charge in [-0.05, 0) is 57.9 Å². The summed E-state index contributed by atoms with van der Waals surface area (Å²) in [4.78, 5) is 22.4. The third kappa shape index (κ3) is 5.75. The van der Waals surface area contributed by atoms with E-state index in [2.05, 4.69) is 71.4 Å². The second-order valence-corrected chi connectivity index (χ2v) is 11.1. The summed E-state index contributed by atoms with van der Waals surface area (Å²) < 4.78 is 5.95. The topological polar surface area (TPSA) is 81.7 Å². The number of fused-ring (bicyclic) bond motifs is 1. The Morgan fingerprint density at radius 2 is 1.74 bits per heavy atom. The van der Waals surface area contributed by atoms with Crippen molar-refractivity contribution in [3.8, 4) is 16.9 Å². The highest BCUT2D eigenvalue weighted by atomic mass is 16.5. The van der Waals surface area contributed by atoms with Gasteiger partial charge in [0.25, 0.3) is 0 Å². The summed E-state index contributed by atoms with van der Waals surface area (Å²) in [6, 6.07) is 7.44. The van der Waals surface area contributed by atoms with Crippen molar-refractivity contribution in [2.75, 3.05) is 76.0 Å². The zero-order chi connectivity index (χ0) is 27.5. The largest absolute Gasteiger partial charge is 0.495 e. The Kier molecular flexibility index (Phi) is 8.37. The first-order chi connectivity index (χ1) is 18.9. The first-order valence-corrected chi connectivity index (χ1v) is 14.4. The van der Waals surface area contributed by atoms with Crippen LogP contribution in [-0.2, 0) is 6.42 Å². The van der Waals surface area contributed by atoms with E-state index in [9.17, 15) is 0 Å². The lowest BCUT2D eigenvalue weighted by Crippen LogP contribution is -2.52. The molecule has 2 saturated heterocycles. The molecular weight excluding hydrogens is 488 g/mol. The molecule has 3 aromatic rings. The van der Waals surface area contributed by atoms with Crippen molar-refractivity contribution in [2.24, 2.45) is 0 Å². The Bertz CT molecular complexity index is 1280. The molecule has 2 aliphatic heterocycles. The first-order valence-electron chi connectivity index (χ1n) is 14.4. The molecular formula is C30H44N8O. The number of aryl methyl sites for hydroxylation is 1. The average Bonchev–Trinajstić information content (AvgIpc) is 2.96. The molecule has 2 N–H and O–H groups in total.